The first-order valence-electron chi connectivity index (χ1n) is 12.4. The highest BCUT2D eigenvalue weighted by Crippen LogP contribution is 2.14. The molecule has 0 radical (unpaired) electrons. The molecular weight excluding hydrogens is 460 g/mol. The lowest BCUT2D eigenvalue weighted by Crippen LogP contribution is -2.49. The second-order valence-electron chi connectivity index (χ2n) is 9.16. The first-order valence-corrected chi connectivity index (χ1v) is 12.4. The maximum absolute atomic E-state index is 12.8. The van der Waals surface area contributed by atoms with Gasteiger partial charge in [0.1, 0.15) is 12.4 Å². The third-order valence-electron chi connectivity index (χ3n) is 6.64. The van der Waals surface area contributed by atoms with Crippen LogP contribution >= 0.6 is 0 Å². The average Bonchev–Trinajstić information content (AvgIpc) is 3.05. The highest BCUT2D eigenvalue weighted by Gasteiger charge is 2.22. The van der Waals surface area contributed by atoms with Gasteiger partial charge in [-0.15, -0.1) is 0 Å². The first-order chi connectivity index (χ1) is 17.6. The van der Waals surface area contributed by atoms with Crippen molar-refractivity contribution in [3.05, 3.63) is 64.6 Å². The fourth-order valence-electron chi connectivity index (χ4n) is 4.67. The smallest absolute Gasteiger partial charge is 0.339 e. The molecule has 0 unspecified atom stereocenters. The van der Waals surface area contributed by atoms with Crippen molar-refractivity contribution in [2.45, 2.75) is 45.2 Å². The van der Waals surface area contributed by atoms with Crippen LogP contribution in [-0.4, -0.2) is 67.2 Å². The summed E-state index contributed by atoms with van der Waals surface area (Å²) in [7, 11) is 0. The highest BCUT2D eigenvalue weighted by molar-refractivity contribution is 5.90. The van der Waals surface area contributed by atoms with E-state index in [1.54, 1.807) is 35.2 Å². The number of fused-ring (bicyclic) bond motifs is 1. The number of nitrogens with one attached hydrogen (secondary N) is 1. The van der Waals surface area contributed by atoms with Crippen LogP contribution in [0.25, 0.3) is 0 Å². The Morgan fingerprint density at radius 1 is 0.917 bits per heavy atom. The lowest BCUT2D eigenvalue weighted by molar-refractivity contribution is -0.130. The number of carbonyl (C=O) groups excluding carboxylic acids is 2. The number of aromatic nitrogens is 5. The van der Waals surface area contributed by atoms with E-state index < -0.39 is 0 Å². The number of piperazine rings is 1. The van der Waals surface area contributed by atoms with Gasteiger partial charge < -0.3 is 15.1 Å². The summed E-state index contributed by atoms with van der Waals surface area (Å²) in [5.41, 5.74) is 1.26. The second kappa shape index (κ2) is 10.7. The van der Waals surface area contributed by atoms with Gasteiger partial charge in [0.05, 0.1) is 6.42 Å². The van der Waals surface area contributed by atoms with Crippen molar-refractivity contribution in [3.8, 4) is 0 Å². The molecule has 2 aliphatic heterocycles. The molecule has 0 spiro atoms. The quantitative estimate of drug-likeness (QED) is 0.550. The lowest BCUT2D eigenvalue weighted by Gasteiger charge is -2.34. The van der Waals surface area contributed by atoms with E-state index in [0.29, 0.717) is 50.8 Å². The van der Waals surface area contributed by atoms with Crippen LogP contribution in [0.2, 0.25) is 0 Å². The van der Waals surface area contributed by atoms with Crippen LogP contribution in [0.3, 0.4) is 0 Å². The van der Waals surface area contributed by atoms with Gasteiger partial charge in [0.2, 0.25) is 17.8 Å². The molecule has 0 atom stereocenters. The Morgan fingerprint density at radius 3 is 2.42 bits per heavy atom. The molecule has 5 rings (SSSR count). The minimum atomic E-state index is -0.311. The Morgan fingerprint density at radius 2 is 1.67 bits per heavy atom. The molecular formula is C25H30N8O3. The van der Waals surface area contributed by atoms with Crippen molar-refractivity contribution in [3.63, 3.8) is 0 Å². The number of aryl methyl sites for hydroxylation is 1. The number of carbonyl (C=O) groups is 2. The van der Waals surface area contributed by atoms with Crippen LogP contribution in [0, 0.1) is 0 Å². The zero-order chi connectivity index (χ0) is 24.9. The van der Waals surface area contributed by atoms with Gasteiger partial charge in [-0.2, -0.15) is 5.10 Å². The standard InChI is InChI=1S/C25H30N8O3/c34-22(18-33-25(36)32-12-3-1-2-5-21(32)29-33)28-20-8-6-19(7-9-20)17-23(35)30-13-15-31(16-14-30)24-26-10-4-11-27-24/h4,6-11H,1-3,5,12-18H2,(H,28,34). The van der Waals surface area contributed by atoms with Crippen molar-refractivity contribution >= 4 is 23.5 Å². The highest BCUT2D eigenvalue weighted by atomic mass is 16.2. The van der Waals surface area contributed by atoms with Crippen LogP contribution in [-0.2, 0) is 35.5 Å². The van der Waals surface area contributed by atoms with Crippen LogP contribution < -0.4 is 15.9 Å². The molecule has 11 nitrogen and oxygen atoms in total. The van der Waals surface area contributed by atoms with Gasteiger partial charge >= 0.3 is 5.69 Å². The van der Waals surface area contributed by atoms with E-state index in [0.717, 1.165) is 37.1 Å². The summed E-state index contributed by atoms with van der Waals surface area (Å²) >= 11 is 0. The molecule has 2 aliphatic rings. The van der Waals surface area contributed by atoms with Crippen molar-refractivity contribution < 1.29 is 9.59 Å². The van der Waals surface area contributed by atoms with Gasteiger partial charge in [-0.05, 0) is 36.6 Å². The maximum Gasteiger partial charge on any atom is 0.346 e. The fourth-order valence-corrected chi connectivity index (χ4v) is 4.67. The Bertz CT molecular complexity index is 1260. The zero-order valence-electron chi connectivity index (χ0n) is 20.2. The van der Waals surface area contributed by atoms with Gasteiger partial charge in [-0.25, -0.2) is 19.4 Å². The van der Waals surface area contributed by atoms with Gasteiger partial charge in [0.25, 0.3) is 0 Å². The van der Waals surface area contributed by atoms with E-state index in [9.17, 15) is 14.4 Å². The molecule has 11 heteroatoms. The summed E-state index contributed by atoms with van der Waals surface area (Å²) in [6, 6.07) is 9.01. The third-order valence-corrected chi connectivity index (χ3v) is 6.64. The summed E-state index contributed by atoms with van der Waals surface area (Å²) in [6.07, 6.45) is 7.56. The Kier molecular flexibility index (Phi) is 7.06. The van der Waals surface area contributed by atoms with E-state index in [1.807, 2.05) is 17.0 Å². The normalized spacial score (nSPS) is 15.8. The number of nitrogens with zero attached hydrogens (tertiary/aromatic N) is 7. The monoisotopic (exact) mass is 490 g/mol. The molecule has 2 aromatic heterocycles. The van der Waals surface area contributed by atoms with Crippen molar-refractivity contribution in [1.82, 2.24) is 29.2 Å². The molecule has 188 valence electrons. The summed E-state index contributed by atoms with van der Waals surface area (Å²) in [5.74, 6) is 1.21. The SMILES string of the molecule is O=C(Cn1nc2n(c1=O)CCCCC2)Nc1ccc(CC(=O)N2CCN(c3ncccn3)CC2)cc1. The number of benzene rings is 1. The molecule has 2 amide bonds. The van der Waals surface area contributed by atoms with Gasteiger partial charge in [0.15, 0.2) is 0 Å². The molecule has 1 N–H and O–H groups in total. The van der Waals surface area contributed by atoms with Crippen molar-refractivity contribution in [2.75, 3.05) is 36.4 Å². The van der Waals surface area contributed by atoms with Crippen LogP contribution in [0.5, 0.6) is 0 Å². The second-order valence-corrected chi connectivity index (χ2v) is 9.16. The molecule has 36 heavy (non-hydrogen) atoms. The van der Waals surface area contributed by atoms with E-state index >= 15 is 0 Å². The van der Waals surface area contributed by atoms with Gasteiger partial charge in [-0.3, -0.25) is 14.2 Å². The molecule has 1 saturated heterocycles. The molecule has 0 bridgehead atoms. The number of anilines is 2. The van der Waals surface area contributed by atoms with Crippen molar-refractivity contribution in [2.24, 2.45) is 0 Å². The summed E-state index contributed by atoms with van der Waals surface area (Å²) in [4.78, 5) is 50.3. The topological polar surface area (TPSA) is 118 Å². The Hall–Kier alpha value is -4.02. The first kappa shape index (κ1) is 23.7. The Balaban J connectivity index is 1.11. The average molecular weight is 491 g/mol. The summed E-state index contributed by atoms with van der Waals surface area (Å²) in [6.45, 7) is 3.18. The fraction of sp³-hybridized carbons (Fsp3) is 0.440. The summed E-state index contributed by atoms with van der Waals surface area (Å²) < 4.78 is 2.92. The van der Waals surface area contributed by atoms with Crippen LogP contribution in [0.4, 0.5) is 11.6 Å². The predicted octanol–water partition coefficient (Wildman–Crippen LogP) is 1.09. The Labute approximate surface area is 208 Å². The predicted molar refractivity (Wildman–Crippen MR) is 134 cm³/mol. The van der Waals surface area contributed by atoms with Crippen LogP contribution in [0.1, 0.15) is 30.7 Å². The van der Waals surface area contributed by atoms with E-state index in [4.69, 9.17) is 0 Å². The number of amides is 2. The minimum absolute atomic E-state index is 0.0688. The largest absolute Gasteiger partial charge is 0.346 e. The van der Waals surface area contributed by atoms with E-state index in [2.05, 4.69) is 25.3 Å². The molecule has 0 saturated carbocycles. The van der Waals surface area contributed by atoms with E-state index in [1.165, 1.54) is 4.68 Å². The van der Waals surface area contributed by atoms with Crippen LogP contribution in [0.15, 0.2) is 47.5 Å². The summed E-state index contributed by atoms with van der Waals surface area (Å²) in [5, 5.41) is 7.17. The zero-order valence-corrected chi connectivity index (χ0v) is 20.2. The van der Waals surface area contributed by atoms with Gasteiger partial charge in [0, 0.05) is 57.2 Å². The van der Waals surface area contributed by atoms with Gasteiger partial charge in [-0.1, -0.05) is 18.6 Å². The molecule has 1 fully saturated rings. The third kappa shape index (κ3) is 5.45. The number of hydrogen-bond donors (Lipinski definition) is 1. The molecule has 4 heterocycles. The van der Waals surface area contributed by atoms with E-state index in [-0.39, 0.29) is 24.0 Å². The number of hydrogen-bond acceptors (Lipinski definition) is 7. The number of rotatable bonds is 6. The van der Waals surface area contributed by atoms with Crippen molar-refractivity contribution in [1.29, 1.82) is 0 Å². The minimum Gasteiger partial charge on any atom is -0.339 e. The molecule has 0 aliphatic carbocycles. The molecule has 3 aromatic rings. The molecule has 1 aromatic carbocycles. The lowest BCUT2D eigenvalue weighted by atomic mass is 10.1. The maximum atomic E-state index is 12.8.